The van der Waals surface area contributed by atoms with Crippen LogP contribution < -0.4 is 15.4 Å². The van der Waals surface area contributed by atoms with E-state index < -0.39 is 10.0 Å². The highest BCUT2D eigenvalue weighted by Gasteiger charge is 2.28. The number of hydrogen-bond donors (Lipinski definition) is 2. The summed E-state index contributed by atoms with van der Waals surface area (Å²) >= 11 is 0. The Balaban J connectivity index is 2.38. The predicted octanol–water partition coefficient (Wildman–Crippen LogP) is 1.66. The average Bonchev–Trinajstić information content (AvgIpc) is 2.88. The zero-order valence-corrected chi connectivity index (χ0v) is 13.1. The van der Waals surface area contributed by atoms with Gasteiger partial charge >= 0.3 is 0 Å². The van der Waals surface area contributed by atoms with Crippen LogP contribution in [-0.2, 0) is 10.0 Å². The van der Waals surface area contributed by atoms with Crippen LogP contribution >= 0.6 is 0 Å². The van der Waals surface area contributed by atoms with Crippen molar-refractivity contribution >= 4 is 21.4 Å². The van der Waals surface area contributed by atoms with Gasteiger partial charge in [0.1, 0.15) is 4.90 Å². The van der Waals surface area contributed by atoms with Crippen LogP contribution in [0.5, 0.6) is 0 Å². The van der Waals surface area contributed by atoms with Crippen molar-refractivity contribution < 1.29 is 8.42 Å². The molecule has 1 aliphatic heterocycles. The number of sulfonamides is 1. The number of benzene rings is 1. The van der Waals surface area contributed by atoms with Crippen molar-refractivity contribution in [3.8, 4) is 0 Å². The highest BCUT2D eigenvalue weighted by Crippen LogP contribution is 2.33. The van der Waals surface area contributed by atoms with Crippen LogP contribution in [0, 0.1) is 11.8 Å². The molecule has 0 bridgehead atoms. The highest BCUT2D eigenvalue weighted by atomic mass is 32.2. The maximum Gasteiger partial charge on any atom is 0.242 e. The van der Waals surface area contributed by atoms with E-state index in [1.807, 2.05) is 6.07 Å². The van der Waals surface area contributed by atoms with Crippen molar-refractivity contribution in [1.82, 2.24) is 4.72 Å². The summed E-state index contributed by atoms with van der Waals surface area (Å²) in [6.07, 6.45) is 1.10. The largest absolute Gasteiger partial charge is 0.399 e. The van der Waals surface area contributed by atoms with Gasteiger partial charge in [0, 0.05) is 18.8 Å². The monoisotopic (exact) mass is 297 g/mol. The summed E-state index contributed by atoms with van der Waals surface area (Å²) in [5, 5.41) is 0. The number of nitrogen functional groups attached to an aromatic ring is 1. The molecule has 3 N–H and O–H groups in total. The molecule has 1 fully saturated rings. The van der Waals surface area contributed by atoms with Crippen LogP contribution in [0.2, 0.25) is 0 Å². The molecule has 6 heteroatoms. The zero-order chi connectivity index (χ0) is 14.9. The predicted molar refractivity (Wildman–Crippen MR) is 82.3 cm³/mol. The van der Waals surface area contributed by atoms with Gasteiger partial charge in [-0.2, -0.15) is 0 Å². The highest BCUT2D eigenvalue weighted by molar-refractivity contribution is 7.89. The lowest BCUT2D eigenvalue weighted by Gasteiger charge is -2.23. The van der Waals surface area contributed by atoms with E-state index in [0.29, 0.717) is 17.5 Å². The van der Waals surface area contributed by atoms with Gasteiger partial charge in [-0.25, -0.2) is 13.1 Å². The van der Waals surface area contributed by atoms with Crippen LogP contribution in [0.4, 0.5) is 11.4 Å². The number of rotatable bonds is 4. The summed E-state index contributed by atoms with van der Waals surface area (Å²) in [4.78, 5) is 2.42. The summed E-state index contributed by atoms with van der Waals surface area (Å²) < 4.78 is 26.7. The molecule has 1 aromatic carbocycles. The molecule has 1 aromatic rings. The van der Waals surface area contributed by atoms with Gasteiger partial charge in [-0.1, -0.05) is 13.8 Å². The molecule has 0 amide bonds. The molecule has 1 unspecified atom stereocenters. The normalized spacial score (nSPS) is 19.8. The molecule has 0 aliphatic carbocycles. The fraction of sp³-hybridized carbons (Fsp3) is 0.571. The lowest BCUT2D eigenvalue weighted by Crippen LogP contribution is -2.26. The van der Waals surface area contributed by atoms with E-state index in [1.54, 1.807) is 6.07 Å². The van der Waals surface area contributed by atoms with E-state index in [0.717, 1.165) is 25.2 Å². The second-order valence-electron chi connectivity index (χ2n) is 5.67. The Morgan fingerprint density at radius 2 is 2.10 bits per heavy atom. The first-order valence-corrected chi connectivity index (χ1v) is 8.41. The molecule has 5 nitrogen and oxygen atoms in total. The quantitative estimate of drug-likeness (QED) is 0.829. The third kappa shape index (κ3) is 2.91. The standard InChI is InChI=1S/C14H23N3O2S/c1-10(2)11-6-7-17(9-11)13-5-4-12(15)8-14(13)20(18,19)16-3/h4-5,8,10-11,16H,6-7,9,15H2,1-3H3. The summed E-state index contributed by atoms with van der Waals surface area (Å²) in [6, 6.07) is 5.10. The molecule has 1 saturated heterocycles. The lowest BCUT2D eigenvalue weighted by atomic mass is 9.95. The van der Waals surface area contributed by atoms with Crippen molar-refractivity contribution in [2.24, 2.45) is 11.8 Å². The van der Waals surface area contributed by atoms with E-state index in [4.69, 9.17) is 5.73 Å². The van der Waals surface area contributed by atoms with Crippen LogP contribution in [0.25, 0.3) is 0 Å². The maximum atomic E-state index is 12.2. The van der Waals surface area contributed by atoms with Crippen molar-refractivity contribution in [2.45, 2.75) is 25.2 Å². The second kappa shape index (κ2) is 5.61. The molecular formula is C14H23N3O2S. The summed E-state index contributed by atoms with van der Waals surface area (Å²) in [6.45, 7) is 6.21. The molecule has 0 radical (unpaired) electrons. The van der Waals surface area contributed by atoms with Gasteiger partial charge in [0.15, 0.2) is 0 Å². The van der Waals surface area contributed by atoms with Crippen LogP contribution in [-0.4, -0.2) is 28.6 Å². The van der Waals surface area contributed by atoms with Crippen molar-refractivity contribution in [3.05, 3.63) is 18.2 Å². The Morgan fingerprint density at radius 3 is 2.65 bits per heavy atom. The molecule has 1 heterocycles. The maximum absolute atomic E-state index is 12.2. The van der Waals surface area contributed by atoms with E-state index >= 15 is 0 Å². The van der Waals surface area contributed by atoms with E-state index in [2.05, 4.69) is 23.5 Å². The molecule has 112 valence electrons. The molecule has 0 spiro atoms. The molecule has 2 rings (SSSR count). The third-order valence-corrected chi connectivity index (χ3v) is 5.49. The fourth-order valence-electron chi connectivity index (χ4n) is 2.67. The molecular weight excluding hydrogens is 274 g/mol. The first kappa shape index (κ1) is 15.1. The van der Waals surface area contributed by atoms with Gasteiger partial charge in [-0.3, -0.25) is 0 Å². The second-order valence-corrected chi connectivity index (χ2v) is 7.53. The molecule has 20 heavy (non-hydrogen) atoms. The Morgan fingerprint density at radius 1 is 1.40 bits per heavy atom. The summed E-state index contributed by atoms with van der Waals surface area (Å²) in [5.74, 6) is 1.22. The number of anilines is 2. The lowest BCUT2D eigenvalue weighted by molar-refractivity contribution is 0.422. The topological polar surface area (TPSA) is 75.4 Å². The smallest absolute Gasteiger partial charge is 0.242 e. The van der Waals surface area contributed by atoms with E-state index in [1.165, 1.54) is 13.1 Å². The SMILES string of the molecule is CNS(=O)(=O)c1cc(N)ccc1N1CCC(C(C)C)C1. The van der Waals surface area contributed by atoms with Crippen molar-refractivity contribution in [2.75, 3.05) is 30.8 Å². The number of nitrogens with one attached hydrogen (secondary N) is 1. The van der Waals surface area contributed by atoms with Crippen LogP contribution in [0.3, 0.4) is 0 Å². The minimum Gasteiger partial charge on any atom is -0.399 e. The Bertz CT molecular complexity index is 584. The average molecular weight is 297 g/mol. The van der Waals surface area contributed by atoms with Gasteiger partial charge < -0.3 is 10.6 Å². The Labute approximate surface area is 121 Å². The van der Waals surface area contributed by atoms with Gasteiger partial charge in [-0.05, 0) is 43.5 Å². The molecule has 1 aliphatic rings. The first-order valence-electron chi connectivity index (χ1n) is 6.93. The number of nitrogens with zero attached hydrogens (tertiary/aromatic N) is 1. The summed E-state index contributed by atoms with van der Waals surface area (Å²) in [5.41, 5.74) is 6.95. The molecule has 0 saturated carbocycles. The first-order chi connectivity index (χ1) is 9.35. The molecule has 0 aromatic heterocycles. The fourth-order valence-corrected chi connectivity index (χ4v) is 3.65. The Kier molecular flexibility index (Phi) is 4.25. The van der Waals surface area contributed by atoms with Gasteiger partial charge in [0.05, 0.1) is 5.69 Å². The molecule has 1 atom stereocenters. The van der Waals surface area contributed by atoms with Crippen LogP contribution in [0.1, 0.15) is 20.3 Å². The summed E-state index contributed by atoms with van der Waals surface area (Å²) in [7, 11) is -2.08. The van der Waals surface area contributed by atoms with Crippen molar-refractivity contribution in [1.29, 1.82) is 0 Å². The minimum atomic E-state index is -3.50. The van der Waals surface area contributed by atoms with E-state index in [9.17, 15) is 8.42 Å². The van der Waals surface area contributed by atoms with E-state index in [-0.39, 0.29) is 4.90 Å². The number of hydrogen-bond acceptors (Lipinski definition) is 4. The Hall–Kier alpha value is -1.27. The number of nitrogens with two attached hydrogens (primary N) is 1. The van der Waals surface area contributed by atoms with Gasteiger partial charge in [0.2, 0.25) is 10.0 Å². The third-order valence-electron chi connectivity index (χ3n) is 4.05. The van der Waals surface area contributed by atoms with Gasteiger partial charge in [0.25, 0.3) is 0 Å². The van der Waals surface area contributed by atoms with Crippen LogP contribution in [0.15, 0.2) is 23.1 Å². The van der Waals surface area contributed by atoms with Gasteiger partial charge in [-0.15, -0.1) is 0 Å². The zero-order valence-electron chi connectivity index (χ0n) is 12.3. The van der Waals surface area contributed by atoms with Crippen molar-refractivity contribution in [3.63, 3.8) is 0 Å². The minimum absolute atomic E-state index is 0.268.